The Kier molecular flexibility index (Phi) is 10.6. The van der Waals surface area contributed by atoms with E-state index in [1.165, 1.54) is 0 Å². The summed E-state index contributed by atoms with van der Waals surface area (Å²) in [6, 6.07) is 0. The van der Waals surface area contributed by atoms with Crippen LogP contribution in [0.3, 0.4) is 0 Å². The van der Waals surface area contributed by atoms with Crippen LogP contribution in [0, 0.1) is 11.8 Å². The molecule has 1 N–H and O–H groups in total. The first-order valence-electron chi connectivity index (χ1n) is 6.16. The van der Waals surface area contributed by atoms with Crippen molar-refractivity contribution >= 4 is 0 Å². The predicted octanol–water partition coefficient (Wildman–Crippen LogP) is 2.33. The molecule has 0 fully saturated rings. The van der Waals surface area contributed by atoms with E-state index in [0.717, 1.165) is 25.7 Å². The number of unbranched alkanes of at least 4 members (excludes halogenated alkanes) is 2. The summed E-state index contributed by atoms with van der Waals surface area (Å²) in [5.74, 6) is 5.57. The van der Waals surface area contributed by atoms with Crippen molar-refractivity contribution in [3.05, 3.63) is 0 Å². The highest BCUT2D eigenvalue weighted by Gasteiger charge is 2.03. The molecule has 0 aliphatic carbocycles. The van der Waals surface area contributed by atoms with Gasteiger partial charge in [0.15, 0.2) is 0 Å². The molecule has 0 amide bonds. The summed E-state index contributed by atoms with van der Waals surface area (Å²) in [6.45, 7) is 7.05. The highest BCUT2D eigenvalue weighted by Crippen LogP contribution is 2.02. The molecule has 3 nitrogen and oxygen atoms in total. The molecule has 94 valence electrons. The number of hydrogen-bond acceptors (Lipinski definition) is 3. The van der Waals surface area contributed by atoms with Crippen LogP contribution in [0.25, 0.3) is 0 Å². The van der Waals surface area contributed by atoms with Gasteiger partial charge in [-0.3, -0.25) is 0 Å². The zero-order valence-electron chi connectivity index (χ0n) is 10.7. The third-order valence-corrected chi connectivity index (χ3v) is 2.08. The molecule has 0 aromatic carbocycles. The lowest BCUT2D eigenvalue weighted by molar-refractivity contribution is -0.0971. The zero-order valence-corrected chi connectivity index (χ0v) is 10.7. The topological polar surface area (TPSA) is 38.7 Å². The second-order valence-electron chi connectivity index (χ2n) is 3.54. The van der Waals surface area contributed by atoms with E-state index < -0.39 is 12.4 Å². The minimum Gasteiger partial charge on any atom is -0.380 e. The van der Waals surface area contributed by atoms with Crippen LogP contribution in [0.2, 0.25) is 0 Å². The third-order valence-electron chi connectivity index (χ3n) is 2.08. The molecule has 0 aliphatic heterocycles. The second kappa shape index (κ2) is 10.9. The molecule has 1 atom stereocenters. The first kappa shape index (κ1) is 15.4. The Bertz CT molecular complexity index is 199. The largest absolute Gasteiger partial charge is 0.380 e. The molecule has 0 bridgehead atoms. The van der Waals surface area contributed by atoms with E-state index in [2.05, 4.69) is 18.8 Å². The quantitative estimate of drug-likeness (QED) is 0.394. The van der Waals surface area contributed by atoms with E-state index in [9.17, 15) is 5.11 Å². The Morgan fingerprint density at radius 3 is 2.12 bits per heavy atom. The van der Waals surface area contributed by atoms with Gasteiger partial charge < -0.3 is 14.6 Å². The Hall–Kier alpha value is -0.560. The van der Waals surface area contributed by atoms with Crippen molar-refractivity contribution in [2.75, 3.05) is 13.2 Å². The van der Waals surface area contributed by atoms with E-state index in [0.29, 0.717) is 13.2 Å². The van der Waals surface area contributed by atoms with Crippen LogP contribution in [0.1, 0.15) is 46.5 Å². The molecular weight excluding hydrogens is 204 g/mol. The Balaban J connectivity index is 3.90. The number of aliphatic hydroxyl groups excluding tert-OH is 1. The van der Waals surface area contributed by atoms with E-state index in [1.807, 2.05) is 13.8 Å². The average Bonchev–Trinajstić information content (AvgIpc) is 2.27. The predicted molar refractivity (Wildman–Crippen MR) is 65.0 cm³/mol. The summed E-state index contributed by atoms with van der Waals surface area (Å²) in [5, 5.41) is 9.58. The molecule has 0 aromatic rings. The first-order chi connectivity index (χ1) is 7.74. The summed E-state index contributed by atoms with van der Waals surface area (Å²) < 4.78 is 10.5. The second-order valence-corrected chi connectivity index (χ2v) is 3.54. The van der Waals surface area contributed by atoms with Gasteiger partial charge in [0.2, 0.25) is 6.29 Å². The summed E-state index contributed by atoms with van der Waals surface area (Å²) in [6.07, 6.45) is 2.97. The van der Waals surface area contributed by atoms with Crippen molar-refractivity contribution in [1.29, 1.82) is 0 Å². The fraction of sp³-hybridized carbons (Fsp3) is 0.846. The molecule has 0 heterocycles. The minimum absolute atomic E-state index is 0.504. The first-order valence-corrected chi connectivity index (χ1v) is 6.16. The molecule has 0 saturated heterocycles. The van der Waals surface area contributed by atoms with E-state index in [-0.39, 0.29) is 0 Å². The van der Waals surface area contributed by atoms with Crippen LogP contribution in [0.5, 0.6) is 0 Å². The maximum Gasteiger partial charge on any atom is 0.222 e. The van der Waals surface area contributed by atoms with Crippen molar-refractivity contribution in [3.8, 4) is 11.8 Å². The molecule has 3 heteroatoms. The van der Waals surface area contributed by atoms with Crippen LogP contribution in [0.4, 0.5) is 0 Å². The van der Waals surface area contributed by atoms with Gasteiger partial charge in [0.05, 0.1) is 0 Å². The number of aliphatic hydroxyl groups is 1. The summed E-state index contributed by atoms with van der Waals surface area (Å²) in [4.78, 5) is 0. The molecular formula is C13H24O3. The van der Waals surface area contributed by atoms with E-state index >= 15 is 0 Å². The van der Waals surface area contributed by atoms with Gasteiger partial charge >= 0.3 is 0 Å². The number of rotatable bonds is 8. The van der Waals surface area contributed by atoms with E-state index in [1.54, 1.807) is 0 Å². The Labute approximate surface area is 99.1 Å². The maximum absolute atomic E-state index is 9.58. The smallest absolute Gasteiger partial charge is 0.222 e. The van der Waals surface area contributed by atoms with Crippen LogP contribution in [-0.4, -0.2) is 30.7 Å². The van der Waals surface area contributed by atoms with Crippen molar-refractivity contribution < 1.29 is 14.6 Å². The lowest BCUT2D eigenvalue weighted by atomic mass is 10.1. The maximum atomic E-state index is 9.58. The van der Waals surface area contributed by atoms with Crippen molar-refractivity contribution in [1.82, 2.24) is 0 Å². The van der Waals surface area contributed by atoms with Gasteiger partial charge in [0.25, 0.3) is 0 Å². The molecule has 0 aromatic heterocycles. The Morgan fingerprint density at radius 1 is 1.00 bits per heavy atom. The fourth-order valence-electron chi connectivity index (χ4n) is 1.26. The molecule has 0 aliphatic rings. The van der Waals surface area contributed by atoms with Gasteiger partial charge in [-0.1, -0.05) is 25.7 Å². The highest BCUT2D eigenvalue weighted by molar-refractivity contribution is 5.07. The van der Waals surface area contributed by atoms with Gasteiger partial charge in [-0.2, -0.15) is 0 Å². The molecule has 0 rings (SSSR count). The van der Waals surface area contributed by atoms with Gasteiger partial charge in [-0.25, -0.2) is 0 Å². The minimum atomic E-state index is -0.560. The highest BCUT2D eigenvalue weighted by atomic mass is 16.7. The van der Waals surface area contributed by atoms with Crippen LogP contribution >= 0.6 is 0 Å². The third kappa shape index (κ3) is 8.72. The lowest BCUT2D eigenvalue weighted by Crippen LogP contribution is -2.16. The fourth-order valence-corrected chi connectivity index (χ4v) is 1.26. The van der Waals surface area contributed by atoms with Crippen LogP contribution in [0.15, 0.2) is 0 Å². The molecule has 0 saturated carbocycles. The number of hydrogen-bond donors (Lipinski definition) is 1. The molecule has 0 radical (unpaired) electrons. The van der Waals surface area contributed by atoms with E-state index in [4.69, 9.17) is 9.47 Å². The van der Waals surface area contributed by atoms with Gasteiger partial charge in [0.1, 0.15) is 6.10 Å². The monoisotopic (exact) mass is 228 g/mol. The van der Waals surface area contributed by atoms with Crippen LogP contribution in [-0.2, 0) is 9.47 Å². The standard InChI is InChI=1S/C13H24O3/c1-4-7-8-9-12(14)10-11-13(15-5-2)16-6-3/h12-14H,4-9H2,1-3H3/t12-/m0/s1. The lowest BCUT2D eigenvalue weighted by Gasteiger charge is -2.10. The SMILES string of the molecule is CCCCC[C@H](O)C#CC(OCC)OCC. The Morgan fingerprint density at radius 2 is 1.62 bits per heavy atom. The van der Waals surface area contributed by atoms with Gasteiger partial charge in [-0.05, 0) is 32.6 Å². The molecule has 0 unspecified atom stereocenters. The summed E-state index contributed by atoms with van der Waals surface area (Å²) in [7, 11) is 0. The molecule has 16 heavy (non-hydrogen) atoms. The van der Waals surface area contributed by atoms with Crippen LogP contribution < -0.4 is 0 Å². The van der Waals surface area contributed by atoms with Crippen molar-refractivity contribution in [2.45, 2.75) is 58.8 Å². The number of ether oxygens (including phenoxy) is 2. The van der Waals surface area contributed by atoms with Crippen molar-refractivity contribution in [3.63, 3.8) is 0 Å². The average molecular weight is 228 g/mol. The van der Waals surface area contributed by atoms with Gasteiger partial charge in [-0.15, -0.1) is 0 Å². The summed E-state index contributed by atoms with van der Waals surface area (Å²) >= 11 is 0. The zero-order chi connectivity index (χ0) is 12.2. The molecule has 0 spiro atoms. The normalized spacial score (nSPS) is 12.3. The van der Waals surface area contributed by atoms with Crippen molar-refractivity contribution in [2.24, 2.45) is 0 Å². The van der Waals surface area contributed by atoms with Gasteiger partial charge in [0, 0.05) is 13.2 Å². The summed E-state index contributed by atoms with van der Waals surface area (Å²) in [5.41, 5.74) is 0.